The highest BCUT2D eigenvalue weighted by molar-refractivity contribution is 9.10. The molecule has 0 aliphatic carbocycles. The molecule has 0 aliphatic heterocycles. The Morgan fingerprint density at radius 3 is 2.67 bits per heavy atom. The van der Waals surface area contributed by atoms with Gasteiger partial charge in [-0.25, -0.2) is 0 Å². The molecule has 2 aromatic rings. The van der Waals surface area contributed by atoms with Crippen LogP contribution in [-0.4, -0.2) is 22.7 Å². The summed E-state index contributed by atoms with van der Waals surface area (Å²) in [6, 6.07) is 5.51. The van der Waals surface area contributed by atoms with Crippen LogP contribution < -0.4 is 4.74 Å². The molecule has 5 heteroatoms. The molecule has 1 aromatic heterocycles. The summed E-state index contributed by atoms with van der Waals surface area (Å²) < 4.78 is 8.01. The van der Waals surface area contributed by atoms with Crippen molar-refractivity contribution in [3.05, 3.63) is 45.2 Å². The number of rotatable bonds is 5. The molecule has 1 aromatic carbocycles. The fraction of sp³-hybridized carbons (Fsp3) is 0.375. The van der Waals surface area contributed by atoms with Crippen LogP contribution in [0.2, 0.25) is 0 Å². The van der Waals surface area contributed by atoms with Gasteiger partial charge in [0.25, 0.3) is 0 Å². The number of hydrogen-bond acceptors (Lipinski definition) is 3. The van der Waals surface area contributed by atoms with E-state index in [0.29, 0.717) is 12.0 Å². The Bertz CT molecular complexity index is 677. The normalized spacial score (nSPS) is 10.7. The van der Waals surface area contributed by atoms with E-state index in [4.69, 9.17) is 4.74 Å². The molecule has 4 nitrogen and oxygen atoms in total. The highest BCUT2D eigenvalue weighted by Crippen LogP contribution is 2.24. The topological polar surface area (TPSA) is 44.1 Å². The number of hydrogen-bond donors (Lipinski definition) is 0. The van der Waals surface area contributed by atoms with Gasteiger partial charge in [-0.05, 0) is 60.5 Å². The van der Waals surface area contributed by atoms with E-state index in [-0.39, 0.29) is 5.78 Å². The van der Waals surface area contributed by atoms with E-state index in [2.05, 4.69) is 21.0 Å². The smallest absolute Gasteiger partial charge is 0.168 e. The SMILES string of the molecule is CCn1nc(C)c(Br)c1CC(=O)c1ccc(OC)c(C)c1. The number of nitrogens with zero attached hydrogens (tertiary/aromatic N) is 2. The summed E-state index contributed by atoms with van der Waals surface area (Å²) in [6.45, 7) is 6.63. The van der Waals surface area contributed by atoms with Gasteiger partial charge in [-0.3, -0.25) is 9.48 Å². The van der Waals surface area contributed by atoms with E-state index in [1.54, 1.807) is 7.11 Å². The first-order valence-electron chi connectivity index (χ1n) is 6.87. The Labute approximate surface area is 133 Å². The first kappa shape index (κ1) is 15.8. The van der Waals surface area contributed by atoms with Crippen molar-refractivity contribution in [1.29, 1.82) is 0 Å². The second-order valence-corrected chi connectivity index (χ2v) is 5.74. The number of benzene rings is 1. The average Bonchev–Trinajstić information content (AvgIpc) is 2.74. The summed E-state index contributed by atoms with van der Waals surface area (Å²) in [5, 5.41) is 4.42. The molecule has 0 spiro atoms. The Hall–Kier alpha value is -1.62. The summed E-state index contributed by atoms with van der Waals surface area (Å²) in [4.78, 5) is 12.5. The van der Waals surface area contributed by atoms with Crippen LogP contribution in [0.25, 0.3) is 0 Å². The number of halogens is 1. The molecular weight excluding hydrogens is 332 g/mol. The van der Waals surface area contributed by atoms with E-state index < -0.39 is 0 Å². The molecule has 0 N–H and O–H groups in total. The zero-order chi connectivity index (χ0) is 15.6. The van der Waals surface area contributed by atoms with Crippen molar-refractivity contribution in [2.24, 2.45) is 0 Å². The minimum atomic E-state index is 0.0797. The number of aryl methyl sites for hydroxylation is 3. The zero-order valence-electron chi connectivity index (χ0n) is 12.7. The number of carbonyl (C=O) groups is 1. The van der Waals surface area contributed by atoms with Crippen molar-refractivity contribution in [1.82, 2.24) is 9.78 Å². The lowest BCUT2D eigenvalue weighted by Gasteiger charge is -2.08. The molecule has 2 rings (SSSR count). The van der Waals surface area contributed by atoms with Crippen molar-refractivity contribution >= 4 is 21.7 Å². The van der Waals surface area contributed by atoms with E-state index in [0.717, 1.165) is 33.7 Å². The third kappa shape index (κ3) is 3.18. The van der Waals surface area contributed by atoms with Gasteiger partial charge in [-0.15, -0.1) is 0 Å². The highest BCUT2D eigenvalue weighted by Gasteiger charge is 2.17. The Morgan fingerprint density at radius 2 is 2.10 bits per heavy atom. The molecule has 21 heavy (non-hydrogen) atoms. The predicted octanol–water partition coefficient (Wildman–Crippen LogP) is 3.72. The summed E-state index contributed by atoms with van der Waals surface area (Å²) in [5.41, 5.74) is 3.49. The van der Waals surface area contributed by atoms with Crippen LogP contribution in [-0.2, 0) is 13.0 Å². The number of aromatic nitrogens is 2. The van der Waals surface area contributed by atoms with Crippen LogP contribution in [0.5, 0.6) is 5.75 Å². The van der Waals surface area contributed by atoms with E-state index in [1.165, 1.54) is 0 Å². The third-order valence-corrected chi connectivity index (χ3v) is 4.53. The molecule has 1 heterocycles. The van der Waals surface area contributed by atoms with Crippen LogP contribution in [0.1, 0.15) is 34.2 Å². The number of carbonyl (C=O) groups excluding carboxylic acids is 1. The second kappa shape index (κ2) is 6.43. The fourth-order valence-corrected chi connectivity index (χ4v) is 2.77. The standard InChI is InChI=1S/C16H19BrN2O2/c1-5-19-13(16(17)11(3)18-19)9-14(20)12-6-7-15(21-4)10(2)8-12/h6-8H,5,9H2,1-4H3. The predicted molar refractivity (Wildman–Crippen MR) is 86.1 cm³/mol. The van der Waals surface area contributed by atoms with Crippen molar-refractivity contribution < 1.29 is 9.53 Å². The van der Waals surface area contributed by atoms with Gasteiger partial charge >= 0.3 is 0 Å². The number of Topliss-reactive ketones (excluding diaryl/α,β-unsaturated/α-hetero) is 1. The van der Waals surface area contributed by atoms with Crippen molar-refractivity contribution in [2.45, 2.75) is 33.7 Å². The molecule has 0 aliphatic rings. The van der Waals surface area contributed by atoms with E-state index in [9.17, 15) is 4.79 Å². The van der Waals surface area contributed by atoms with Crippen LogP contribution in [0.3, 0.4) is 0 Å². The Kier molecular flexibility index (Phi) is 4.83. The molecule has 0 radical (unpaired) electrons. The van der Waals surface area contributed by atoms with Crippen molar-refractivity contribution in [3.63, 3.8) is 0 Å². The van der Waals surface area contributed by atoms with Crippen molar-refractivity contribution in [2.75, 3.05) is 7.11 Å². The first-order valence-corrected chi connectivity index (χ1v) is 7.66. The van der Waals surface area contributed by atoms with E-state index in [1.807, 2.05) is 43.7 Å². The molecule has 0 bridgehead atoms. The zero-order valence-corrected chi connectivity index (χ0v) is 14.3. The average molecular weight is 351 g/mol. The lowest BCUT2D eigenvalue weighted by molar-refractivity contribution is 0.0990. The minimum Gasteiger partial charge on any atom is -0.496 e. The molecule has 112 valence electrons. The van der Waals surface area contributed by atoms with Crippen LogP contribution >= 0.6 is 15.9 Å². The Balaban J connectivity index is 2.28. The summed E-state index contributed by atoms with van der Waals surface area (Å²) >= 11 is 3.52. The van der Waals surface area contributed by atoms with Crippen LogP contribution in [0, 0.1) is 13.8 Å². The van der Waals surface area contributed by atoms with Gasteiger partial charge in [0.1, 0.15) is 5.75 Å². The highest BCUT2D eigenvalue weighted by atomic mass is 79.9. The van der Waals surface area contributed by atoms with Crippen molar-refractivity contribution in [3.8, 4) is 5.75 Å². The van der Waals surface area contributed by atoms with Gasteiger partial charge in [-0.1, -0.05) is 0 Å². The maximum absolute atomic E-state index is 12.5. The molecule has 0 atom stereocenters. The molecule has 0 saturated carbocycles. The van der Waals surface area contributed by atoms with Gasteiger partial charge in [0.15, 0.2) is 5.78 Å². The number of ketones is 1. The quantitative estimate of drug-likeness (QED) is 0.772. The van der Waals surface area contributed by atoms with E-state index >= 15 is 0 Å². The van der Waals surface area contributed by atoms with Gasteiger partial charge in [0, 0.05) is 12.1 Å². The fourth-order valence-electron chi connectivity index (χ4n) is 2.34. The molecule has 0 fully saturated rings. The van der Waals surface area contributed by atoms with Crippen LogP contribution in [0.15, 0.2) is 22.7 Å². The third-order valence-electron chi connectivity index (χ3n) is 3.50. The molecule has 0 saturated heterocycles. The van der Waals surface area contributed by atoms with Gasteiger partial charge < -0.3 is 4.74 Å². The lowest BCUT2D eigenvalue weighted by atomic mass is 10.0. The molecule has 0 unspecified atom stereocenters. The summed E-state index contributed by atoms with van der Waals surface area (Å²) in [5.74, 6) is 0.873. The van der Waals surface area contributed by atoms with Crippen LogP contribution in [0.4, 0.5) is 0 Å². The second-order valence-electron chi connectivity index (χ2n) is 4.95. The maximum atomic E-state index is 12.5. The maximum Gasteiger partial charge on any atom is 0.168 e. The van der Waals surface area contributed by atoms with Gasteiger partial charge in [0.2, 0.25) is 0 Å². The Morgan fingerprint density at radius 1 is 1.38 bits per heavy atom. The number of methoxy groups -OCH3 is 1. The lowest BCUT2D eigenvalue weighted by Crippen LogP contribution is -2.10. The minimum absolute atomic E-state index is 0.0797. The largest absolute Gasteiger partial charge is 0.496 e. The monoisotopic (exact) mass is 350 g/mol. The van der Waals surface area contributed by atoms with Gasteiger partial charge in [-0.2, -0.15) is 5.10 Å². The summed E-state index contributed by atoms with van der Waals surface area (Å²) in [7, 11) is 1.63. The first-order chi connectivity index (χ1) is 9.97. The number of ether oxygens (including phenoxy) is 1. The van der Waals surface area contributed by atoms with Gasteiger partial charge in [0.05, 0.1) is 29.4 Å². The molecular formula is C16H19BrN2O2. The molecule has 0 amide bonds. The summed E-state index contributed by atoms with van der Waals surface area (Å²) in [6.07, 6.45) is 0.334.